The normalized spacial score (nSPS) is 8.00. The van der Waals surface area contributed by atoms with Crippen LogP contribution in [0.3, 0.4) is 0 Å². The number of nitrogens with zero attached hydrogens (tertiary/aromatic N) is 1. The molecule has 0 unspecified atom stereocenters. The van der Waals surface area contributed by atoms with Crippen LogP contribution >= 0.6 is 11.6 Å². The quantitative estimate of drug-likeness (QED) is 0.616. The maximum absolute atomic E-state index is 9.22. The lowest BCUT2D eigenvalue weighted by Crippen LogP contribution is -1.75. The van der Waals surface area contributed by atoms with Gasteiger partial charge in [0.1, 0.15) is 5.75 Å². The number of benzene rings is 1. The van der Waals surface area contributed by atoms with E-state index in [4.69, 9.17) is 16.9 Å². The fourth-order valence-corrected chi connectivity index (χ4v) is 0.872. The summed E-state index contributed by atoms with van der Waals surface area (Å²) in [4.78, 5) is 0. The third kappa shape index (κ3) is 1.92. The van der Waals surface area contributed by atoms with Gasteiger partial charge in [0.15, 0.2) is 6.07 Å². The smallest absolute Gasteiger partial charge is 0.152 e. The summed E-state index contributed by atoms with van der Waals surface area (Å²) in [6.07, 6.45) is 0. The molecule has 0 fully saturated rings. The van der Waals surface area contributed by atoms with E-state index in [0.29, 0.717) is 10.6 Å². The maximum atomic E-state index is 9.22. The van der Waals surface area contributed by atoms with Crippen LogP contribution in [0.15, 0.2) is 18.2 Å². The van der Waals surface area contributed by atoms with Crippen molar-refractivity contribution in [3.8, 4) is 23.7 Å². The van der Waals surface area contributed by atoms with Crippen molar-refractivity contribution >= 4 is 11.6 Å². The molecule has 2 nitrogen and oxygen atoms in total. The summed E-state index contributed by atoms with van der Waals surface area (Å²) < 4.78 is 0. The third-order valence-corrected chi connectivity index (χ3v) is 1.45. The topological polar surface area (TPSA) is 44.0 Å². The molecule has 1 aromatic carbocycles. The minimum atomic E-state index is -0.00903. The summed E-state index contributed by atoms with van der Waals surface area (Å²) in [5.74, 6) is 4.64. The number of halogens is 1. The average Bonchev–Trinajstić information content (AvgIpc) is 2.03. The highest BCUT2D eigenvalue weighted by molar-refractivity contribution is 6.30. The standard InChI is InChI=1S/C9H4ClNO/c10-8-4-3-7(2-1-5-11)9(12)6-8/h3-4,6,12H. The zero-order valence-corrected chi connectivity index (χ0v) is 6.76. The third-order valence-electron chi connectivity index (χ3n) is 1.21. The number of nitriles is 1. The molecule has 0 atom stereocenters. The van der Waals surface area contributed by atoms with E-state index < -0.39 is 0 Å². The highest BCUT2D eigenvalue weighted by Gasteiger charge is 1.96. The molecule has 0 aliphatic carbocycles. The van der Waals surface area contributed by atoms with Crippen LogP contribution in [0.5, 0.6) is 5.75 Å². The van der Waals surface area contributed by atoms with Crippen molar-refractivity contribution in [1.82, 2.24) is 0 Å². The highest BCUT2D eigenvalue weighted by Crippen LogP contribution is 2.20. The Balaban J connectivity index is 3.12. The van der Waals surface area contributed by atoms with E-state index in [1.54, 1.807) is 18.2 Å². The highest BCUT2D eigenvalue weighted by atomic mass is 35.5. The molecule has 0 amide bonds. The molecule has 1 N–H and O–H groups in total. The van der Waals surface area contributed by atoms with Crippen molar-refractivity contribution in [3.05, 3.63) is 28.8 Å². The SMILES string of the molecule is N#CC#Cc1ccc(Cl)cc1O. The van der Waals surface area contributed by atoms with Crippen molar-refractivity contribution in [2.24, 2.45) is 0 Å². The van der Waals surface area contributed by atoms with E-state index in [2.05, 4.69) is 11.8 Å². The van der Waals surface area contributed by atoms with Gasteiger partial charge in [-0.2, -0.15) is 5.26 Å². The Kier molecular flexibility index (Phi) is 2.58. The van der Waals surface area contributed by atoms with Gasteiger partial charge >= 0.3 is 0 Å². The van der Waals surface area contributed by atoms with Crippen molar-refractivity contribution in [3.63, 3.8) is 0 Å². The number of hydrogen-bond donors (Lipinski definition) is 1. The number of rotatable bonds is 0. The van der Waals surface area contributed by atoms with Crippen molar-refractivity contribution in [2.45, 2.75) is 0 Å². The molecule has 0 aliphatic rings. The van der Waals surface area contributed by atoms with Crippen LogP contribution in [0.25, 0.3) is 0 Å². The van der Waals surface area contributed by atoms with Gasteiger partial charge in [-0.25, -0.2) is 0 Å². The van der Waals surface area contributed by atoms with Gasteiger partial charge in [-0.1, -0.05) is 11.6 Å². The first-order valence-electron chi connectivity index (χ1n) is 3.12. The van der Waals surface area contributed by atoms with Crippen molar-refractivity contribution in [2.75, 3.05) is 0 Å². The molecule has 3 heteroatoms. The molecule has 0 saturated carbocycles. The lowest BCUT2D eigenvalue weighted by atomic mass is 10.2. The zero-order chi connectivity index (χ0) is 8.97. The molecular formula is C9H4ClNO. The Hall–Kier alpha value is -1.64. The minimum absolute atomic E-state index is 0.00903. The Morgan fingerprint density at radius 2 is 2.17 bits per heavy atom. The molecule has 0 spiro atoms. The van der Waals surface area contributed by atoms with Crippen LogP contribution in [0.1, 0.15) is 5.56 Å². The summed E-state index contributed by atoms with van der Waals surface area (Å²) in [5, 5.41) is 17.8. The molecule has 12 heavy (non-hydrogen) atoms. The maximum Gasteiger partial charge on any atom is 0.152 e. The predicted octanol–water partition coefficient (Wildman–Crippen LogP) is 1.92. The van der Waals surface area contributed by atoms with Crippen LogP contribution in [0, 0.1) is 23.2 Å². The first kappa shape index (κ1) is 8.46. The second-order valence-corrected chi connectivity index (χ2v) is 2.46. The first-order valence-corrected chi connectivity index (χ1v) is 3.50. The summed E-state index contributed by atoms with van der Waals surface area (Å²) >= 11 is 5.58. The fourth-order valence-electron chi connectivity index (χ4n) is 0.706. The summed E-state index contributed by atoms with van der Waals surface area (Å²) in [5.41, 5.74) is 0.404. The molecule has 0 aromatic heterocycles. The molecule has 0 saturated heterocycles. The molecule has 0 bridgehead atoms. The van der Waals surface area contributed by atoms with E-state index >= 15 is 0 Å². The average molecular weight is 178 g/mol. The molecule has 0 heterocycles. The van der Waals surface area contributed by atoms with Gasteiger partial charge in [-0.05, 0) is 24.1 Å². The Bertz CT molecular complexity index is 395. The largest absolute Gasteiger partial charge is 0.507 e. The van der Waals surface area contributed by atoms with Gasteiger partial charge in [0.25, 0.3) is 0 Å². The van der Waals surface area contributed by atoms with Gasteiger partial charge in [-0.3, -0.25) is 0 Å². The van der Waals surface area contributed by atoms with Gasteiger partial charge in [0.2, 0.25) is 0 Å². The molecular weight excluding hydrogens is 174 g/mol. The first-order chi connectivity index (χ1) is 5.74. The van der Waals surface area contributed by atoms with E-state index in [9.17, 15) is 5.11 Å². The molecule has 0 aliphatic heterocycles. The van der Waals surface area contributed by atoms with Crippen LogP contribution in [-0.4, -0.2) is 5.11 Å². The van der Waals surface area contributed by atoms with Gasteiger partial charge in [-0.15, -0.1) is 0 Å². The zero-order valence-electron chi connectivity index (χ0n) is 6.00. The lowest BCUT2D eigenvalue weighted by molar-refractivity contribution is 0.474. The van der Waals surface area contributed by atoms with Crippen molar-refractivity contribution in [1.29, 1.82) is 5.26 Å². The Morgan fingerprint density at radius 3 is 2.75 bits per heavy atom. The lowest BCUT2D eigenvalue weighted by Gasteiger charge is -1.95. The van der Waals surface area contributed by atoms with Gasteiger partial charge in [0.05, 0.1) is 5.56 Å². The number of hydrogen-bond acceptors (Lipinski definition) is 2. The molecule has 58 valence electrons. The van der Waals surface area contributed by atoms with Gasteiger partial charge in [0, 0.05) is 10.9 Å². The fraction of sp³-hybridized carbons (Fsp3) is 0. The van der Waals surface area contributed by atoms with E-state index in [1.165, 1.54) is 6.07 Å². The van der Waals surface area contributed by atoms with E-state index in [0.717, 1.165) is 0 Å². The second-order valence-electron chi connectivity index (χ2n) is 2.02. The predicted molar refractivity (Wildman–Crippen MR) is 45.6 cm³/mol. The van der Waals surface area contributed by atoms with Crippen LogP contribution in [0.4, 0.5) is 0 Å². The second kappa shape index (κ2) is 3.67. The van der Waals surface area contributed by atoms with Gasteiger partial charge < -0.3 is 5.11 Å². The Morgan fingerprint density at radius 1 is 1.42 bits per heavy atom. The minimum Gasteiger partial charge on any atom is -0.507 e. The molecule has 1 rings (SSSR count). The van der Waals surface area contributed by atoms with E-state index in [1.807, 2.05) is 0 Å². The number of phenolic OH excluding ortho intramolecular Hbond substituents is 1. The van der Waals surface area contributed by atoms with Crippen LogP contribution < -0.4 is 0 Å². The van der Waals surface area contributed by atoms with Crippen LogP contribution in [0.2, 0.25) is 5.02 Å². The van der Waals surface area contributed by atoms with Crippen LogP contribution in [-0.2, 0) is 0 Å². The van der Waals surface area contributed by atoms with E-state index in [-0.39, 0.29) is 5.75 Å². The number of aromatic hydroxyl groups is 1. The summed E-state index contributed by atoms with van der Waals surface area (Å²) in [6.45, 7) is 0. The van der Waals surface area contributed by atoms with Crippen molar-refractivity contribution < 1.29 is 5.11 Å². The summed E-state index contributed by atoms with van der Waals surface area (Å²) in [7, 11) is 0. The summed E-state index contributed by atoms with van der Waals surface area (Å²) in [6, 6.07) is 6.19. The molecule has 1 aromatic rings. The Labute approximate surface area is 75.0 Å². The monoisotopic (exact) mass is 177 g/mol. The number of phenols is 1. The molecule has 0 radical (unpaired) electrons.